The lowest BCUT2D eigenvalue weighted by Gasteiger charge is -2.10. The molecule has 1 aromatic carbocycles. The Hall–Kier alpha value is -2.63. The van der Waals surface area contributed by atoms with Crippen molar-refractivity contribution in [2.75, 3.05) is 13.1 Å². The number of rotatable bonds is 8. The molecule has 3 amide bonds. The van der Waals surface area contributed by atoms with Gasteiger partial charge in [-0.25, -0.2) is 0 Å². The van der Waals surface area contributed by atoms with Crippen molar-refractivity contribution in [3.63, 3.8) is 0 Å². The molecule has 144 valence electrons. The molecule has 2 fully saturated rings. The summed E-state index contributed by atoms with van der Waals surface area (Å²) in [5.41, 5.74) is 1.48. The molecule has 0 aliphatic heterocycles. The lowest BCUT2D eigenvalue weighted by molar-refractivity contribution is -0.125. The fourth-order valence-corrected chi connectivity index (χ4v) is 3.18. The van der Waals surface area contributed by atoms with E-state index in [1.807, 2.05) is 12.1 Å². The van der Waals surface area contributed by atoms with Gasteiger partial charge in [0, 0.05) is 36.7 Å². The maximum absolute atomic E-state index is 11.9. The molecule has 6 nitrogen and oxygen atoms in total. The van der Waals surface area contributed by atoms with Gasteiger partial charge in [0.05, 0.1) is 0 Å². The van der Waals surface area contributed by atoms with Gasteiger partial charge in [0.1, 0.15) is 0 Å². The maximum Gasteiger partial charge on any atom is 0.251 e. The molecule has 0 atom stereocenters. The molecule has 2 aliphatic carbocycles. The summed E-state index contributed by atoms with van der Waals surface area (Å²) in [7, 11) is 0. The Morgan fingerprint density at radius 3 is 2.26 bits per heavy atom. The van der Waals surface area contributed by atoms with Crippen LogP contribution >= 0.6 is 0 Å². The van der Waals surface area contributed by atoms with Crippen LogP contribution in [0.15, 0.2) is 30.3 Å². The van der Waals surface area contributed by atoms with Gasteiger partial charge in [0.2, 0.25) is 11.8 Å². The van der Waals surface area contributed by atoms with E-state index in [1.165, 1.54) is 6.08 Å². The Morgan fingerprint density at radius 2 is 1.59 bits per heavy atom. The van der Waals surface area contributed by atoms with Crippen molar-refractivity contribution in [2.45, 2.75) is 44.6 Å². The highest BCUT2D eigenvalue weighted by Gasteiger charge is 2.23. The molecule has 3 rings (SSSR count). The number of hydrogen-bond donors (Lipinski definition) is 3. The number of amides is 3. The SMILES string of the molecule is O=C(/C=C/c1ccc(C(=O)NC2CC2)cc1)NCCNC(=O)C1CCCC1. The molecular formula is C21H27N3O3. The van der Waals surface area contributed by atoms with E-state index < -0.39 is 0 Å². The van der Waals surface area contributed by atoms with Gasteiger partial charge in [-0.3, -0.25) is 14.4 Å². The highest BCUT2D eigenvalue weighted by molar-refractivity contribution is 5.95. The molecule has 0 spiro atoms. The molecule has 0 radical (unpaired) electrons. The summed E-state index contributed by atoms with van der Waals surface area (Å²) < 4.78 is 0. The topological polar surface area (TPSA) is 87.3 Å². The van der Waals surface area contributed by atoms with Crippen LogP contribution in [0.5, 0.6) is 0 Å². The summed E-state index contributed by atoms with van der Waals surface area (Å²) in [6, 6.07) is 7.48. The first-order valence-corrected chi connectivity index (χ1v) is 9.76. The zero-order valence-corrected chi connectivity index (χ0v) is 15.5. The van der Waals surface area contributed by atoms with Crippen molar-refractivity contribution in [1.82, 2.24) is 16.0 Å². The van der Waals surface area contributed by atoms with Gasteiger partial charge < -0.3 is 16.0 Å². The average molecular weight is 369 g/mol. The van der Waals surface area contributed by atoms with Crippen LogP contribution in [0.1, 0.15) is 54.4 Å². The van der Waals surface area contributed by atoms with Gasteiger partial charge in [0.25, 0.3) is 5.91 Å². The number of benzene rings is 1. The molecule has 3 N–H and O–H groups in total. The molecule has 2 saturated carbocycles. The first kappa shape index (κ1) is 19.1. The smallest absolute Gasteiger partial charge is 0.251 e. The fraction of sp³-hybridized carbons (Fsp3) is 0.476. The van der Waals surface area contributed by atoms with Gasteiger partial charge >= 0.3 is 0 Å². The number of carbonyl (C=O) groups is 3. The predicted molar refractivity (Wildman–Crippen MR) is 104 cm³/mol. The van der Waals surface area contributed by atoms with Gasteiger partial charge in [-0.05, 0) is 49.5 Å². The first-order chi connectivity index (χ1) is 13.1. The maximum atomic E-state index is 11.9. The highest BCUT2D eigenvalue weighted by atomic mass is 16.2. The fourth-order valence-electron chi connectivity index (χ4n) is 3.18. The third-order valence-electron chi connectivity index (χ3n) is 4.96. The van der Waals surface area contributed by atoms with Crippen LogP contribution in [0.2, 0.25) is 0 Å². The van der Waals surface area contributed by atoms with Crippen LogP contribution in [0.3, 0.4) is 0 Å². The van der Waals surface area contributed by atoms with Gasteiger partial charge in [-0.1, -0.05) is 25.0 Å². The summed E-state index contributed by atoms with van der Waals surface area (Å²) in [6.07, 6.45) is 9.49. The van der Waals surface area contributed by atoms with E-state index >= 15 is 0 Å². The van der Waals surface area contributed by atoms with Crippen molar-refractivity contribution < 1.29 is 14.4 Å². The van der Waals surface area contributed by atoms with Gasteiger partial charge in [-0.15, -0.1) is 0 Å². The van der Waals surface area contributed by atoms with Crippen LogP contribution in [-0.2, 0) is 9.59 Å². The quantitative estimate of drug-likeness (QED) is 0.484. The van der Waals surface area contributed by atoms with Crippen molar-refractivity contribution >= 4 is 23.8 Å². The van der Waals surface area contributed by atoms with E-state index in [9.17, 15) is 14.4 Å². The highest BCUT2D eigenvalue weighted by Crippen LogP contribution is 2.24. The van der Waals surface area contributed by atoms with Crippen molar-refractivity contribution in [2.24, 2.45) is 5.92 Å². The molecule has 0 unspecified atom stereocenters. The predicted octanol–water partition coefficient (Wildman–Crippen LogP) is 2.01. The molecule has 27 heavy (non-hydrogen) atoms. The van der Waals surface area contributed by atoms with E-state index in [4.69, 9.17) is 0 Å². The zero-order valence-electron chi connectivity index (χ0n) is 15.5. The van der Waals surface area contributed by atoms with Gasteiger partial charge in [0.15, 0.2) is 0 Å². The van der Waals surface area contributed by atoms with Crippen molar-refractivity contribution in [3.8, 4) is 0 Å². The van der Waals surface area contributed by atoms with Crippen LogP contribution in [-0.4, -0.2) is 36.9 Å². The minimum absolute atomic E-state index is 0.0505. The third-order valence-corrected chi connectivity index (χ3v) is 4.96. The second kappa shape index (κ2) is 9.35. The summed E-state index contributed by atoms with van der Waals surface area (Å²) in [5, 5.41) is 8.57. The Balaban J connectivity index is 1.35. The molecule has 0 heterocycles. The molecule has 0 aromatic heterocycles. The monoisotopic (exact) mass is 369 g/mol. The summed E-state index contributed by atoms with van der Waals surface area (Å²) >= 11 is 0. The van der Waals surface area contributed by atoms with E-state index in [1.54, 1.807) is 18.2 Å². The summed E-state index contributed by atoms with van der Waals surface area (Å²) in [6.45, 7) is 0.849. The van der Waals surface area contributed by atoms with E-state index in [0.29, 0.717) is 24.7 Å². The van der Waals surface area contributed by atoms with Crippen molar-refractivity contribution in [3.05, 3.63) is 41.5 Å². The normalized spacial score (nSPS) is 17.0. The molecule has 0 bridgehead atoms. The van der Waals surface area contributed by atoms with Crippen LogP contribution in [0.4, 0.5) is 0 Å². The summed E-state index contributed by atoms with van der Waals surface area (Å²) in [4.78, 5) is 35.6. The molecule has 1 aromatic rings. The second-order valence-electron chi connectivity index (χ2n) is 7.27. The third kappa shape index (κ3) is 6.24. The van der Waals surface area contributed by atoms with E-state index in [2.05, 4.69) is 16.0 Å². The Kier molecular flexibility index (Phi) is 6.63. The first-order valence-electron chi connectivity index (χ1n) is 9.76. The number of nitrogens with one attached hydrogen (secondary N) is 3. The molecular weight excluding hydrogens is 342 g/mol. The van der Waals surface area contributed by atoms with Gasteiger partial charge in [-0.2, -0.15) is 0 Å². The standard InChI is InChI=1S/C21H27N3O3/c25-19(22-13-14-23-20(26)16-3-1-2-4-16)12-7-15-5-8-17(9-6-15)21(27)24-18-10-11-18/h5-9,12,16,18H,1-4,10-11,13-14H2,(H,22,25)(H,23,26)(H,24,27)/b12-7+. The Bertz CT molecular complexity index is 702. The van der Waals surface area contributed by atoms with E-state index in [0.717, 1.165) is 44.1 Å². The number of hydrogen-bond acceptors (Lipinski definition) is 3. The van der Waals surface area contributed by atoms with Crippen molar-refractivity contribution in [1.29, 1.82) is 0 Å². The Morgan fingerprint density at radius 1 is 0.926 bits per heavy atom. The van der Waals surface area contributed by atoms with Crippen LogP contribution in [0, 0.1) is 5.92 Å². The lowest BCUT2D eigenvalue weighted by Crippen LogP contribution is -2.36. The molecule has 2 aliphatic rings. The largest absolute Gasteiger partial charge is 0.354 e. The Labute approximate surface area is 159 Å². The lowest BCUT2D eigenvalue weighted by atomic mass is 10.1. The van der Waals surface area contributed by atoms with E-state index in [-0.39, 0.29) is 23.6 Å². The van der Waals surface area contributed by atoms with Crippen LogP contribution in [0.25, 0.3) is 6.08 Å². The second-order valence-corrected chi connectivity index (χ2v) is 7.27. The molecule has 0 saturated heterocycles. The minimum atomic E-state index is -0.208. The van der Waals surface area contributed by atoms with Crippen LogP contribution < -0.4 is 16.0 Å². The number of carbonyl (C=O) groups excluding carboxylic acids is 3. The summed E-state index contributed by atoms with van der Waals surface area (Å²) in [5.74, 6) is -0.0101. The minimum Gasteiger partial charge on any atom is -0.354 e. The zero-order chi connectivity index (χ0) is 19.1. The average Bonchev–Trinajstić information content (AvgIpc) is 3.31. The molecule has 6 heteroatoms.